The molecule has 0 fully saturated rings. The highest BCUT2D eigenvalue weighted by Gasteiger charge is 2.20. The summed E-state index contributed by atoms with van der Waals surface area (Å²) in [6.07, 6.45) is 4.47. The van der Waals surface area contributed by atoms with Crippen molar-refractivity contribution in [3.8, 4) is 0 Å². The van der Waals surface area contributed by atoms with Gasteiger partial charge in [-0.05, 0) is 18.8 Å². The van der Waals surface area contributed by atoms with E-state index in [9.17, 15) is 4.79 Å². The van der Waals surface area contributed by atoms with Crippen LogP contribution in [0.15, 0.2) is 6.33 Å². The number of carboxylic acid groups (broad SMARTS) is 1. The average Bonchev–Trinajstić information content (AvgIpc) is 2.61. The highest BCUT2D eigenvalue weighted by atomic mass is 16.4. The summed E-state index contributed by atoms with van der Waals surface area (Å²) in [6, 6.07) is 0. The number of nitrogens with zero attached hydrogens (tertiary/aromatic N) is 3. The van der Waals surface area contributed by atoms with E-state index in [0.717, 1.165) is 31.6 Å². The van der Waals surface area contributed by atoms with Crippen LogP contribution in [-0.2, 0) is 17.8 Å². The molecule has 5 nitrogen and oxygen atoms in total. The Morgan fingerprint density at radius 3 is 3.36 bits per heavy atom. The Morgan fingerprint density at radius 1 is 1.71 bits per heavy atom. The Labute approximate surface area is 81.8 Å². The summed E-state index contributed by atoms with van der Waals surface area (Å²) in [4.78, 5) is 14.5. The lowest BCUT2D eigenvalue weighted by Crippen LogP contribution is -2.21. The normalized spacial score (nSPS) is 20.4. The number of carboxylic acids is 1. The number of hydrogen-bond acceptors (Lipinski definition) is 3. The molecule has 2 heterocycles. The molecule has 0 radical (unpaired) electrons. The van der Waals surface area contributed by atoms with Crippen molar-refractivity contribution in [1.29, 1.82) is 0 Å². The van der Waals surface area contributed by atoms with Crippen LogP contribution in [0.25, 0.3) is 0 Å². The Morgan fingerprint density at radius 2 is 2.57 bits per heavy atom. The highest BCUT2D eigenvalue weighted by molar-refractivity contribution is 5.66. The lowest BCUT2D eigenvalue weighted by Gasteiger charge is -2.21. The monoisotopic (exact) mass is 195 g/mol. The molecule has 0 bridgehead atoms. The molecule has 1 aliphatic heterocycles. The van der Waals surface area contributed by atoms with Crippen LogP contribution in [0.2, 0.25) is 0 Å². The van der Waals surface area contributed by atoms with Crippen molar-refractivity contribution in [2.75, 3.05) is 0 Å². The van der Waals surface area contributed by atoms with Crippen molar-refractivity contribution in [2.24, 2.45) is 5.92 Å². The van der Waals surface area contributed by atoms with Crippen LogP contribution >= 0.6 is 0 Å². The van der Waals surface area contributed by atoms with Crippen molar-refractivity contribution in [3.63, 3.8) is 0 Å². The number of rotatable bonds is 3. The number of aliphatic carboxylic acids is 1. The summed E-state index contributed by atoms with van der Waals surface area (Å²) in [5.74, 6) is 0.742. The maximum atomic E-state index is 10.4. The van der Waals surface area contributed by atoms with Gasteiger partial charge in [0.15, 0.2) is 0 Å². The molecule has 1 N–H and O–H groups in total. The Balaban J connectivity index is 1.91. The SMILES string of the molecule is O=C(O)CCC1CCn2ncnc2C1. The third-order valence-corrected chi connectivity index (χ3v) is 2.68. The molecule has 1 unspecified atom stereocenters. The van der Waals surface area contributed by atoms with Crippen molar-refractivity contribution in [3.05, 3.63) is 12.2 Å². The second-order valence-electron chi connectivity index (χ2n) is 3.69. The summed E-state index contributed by atoms with van der Waals surface area (Å²) in [5, 5.41) is 12.6. The molecule has 1 aromatic heterocycles. The first-order chi connectivity index (χ1) is 6.75. The molecule has 5 heteroatoms. The lowest BCUT2D eigenvalue weighted by atomic mass is 9.93. The van der Waals surface area contributed by atoms with Crippen molar-refractivity contribution < 1.29 is 9.90 Å². The zero-order valence-electron chi connectivity index (χ0n) is 7.89. The van der Waals surface area contributed by atoms with Crippen LogP contribution in [0.4, 0.5) is 0 Å². The van der Waals surface area contributed by atoms with E-state index in [4.69, 9.17) is 5.11 Å². The number of fused-ring (bicyclic) bond motifs is 1. The predicted molar refractivity (Wildman–Crippen MR) is 48.7 cm³/mol. The van der Waals surface area contributed by atoms with Gasteiger partial charge < -0.3 is 5.11 Å². The molecule has 0 saturated heterocycles. The van der Waals surface area contributed by atoms with Gasteiger partial charge in [0.25, 0.3) is 0 Å². The van der Waals surface area contributed by atoms with E-state index < -0.39 is 5.97 Å². The molecule has 76 valence electrons. The Kier molecular flexibility index (Phi) is 2.47. The molecule has 1 atom stereocenters. The van der Waals surface area contributed by atoms with Gasteiger partial charge in [-0.1, -0.05) is 0 Å². The molecule has 1 aliphatic rings. The van der Waals surface area contributed by atoms with Gasteiger partial charge in [-0.25, -0.2) is 4.98 Å². The maximum Gasteiger partial charge on any atom is 0.303 e. The minimum Gasteiger partial charge on any atom is -0.481 e. The standard InChI is InChI=1S/C9H13N3O2/c13-9(14)2-1-7-3-4-12-8(5-7)10-6-11-12/h6-7H,1-5H2,(H,13,14). The molecular weight excluding hydrogens is 182 g/mol. The van der Waals surface area contributed by atoms with Crippen LogP contribution in [-0.4, -0.2) is 25.8 Å². The number of aryl methyl sites for hydroxylation is 1. The summed E-state index contributed by atoms with van der Waals surface area (Å²) in [6.45, 7) is 0.875. The van der Waals surface area contributed by atoms with Crippen molar-refractivity contribution in [2.45, 2.75) is 32.2 Å². The Hall–Kier alpha value is -1.39. The fourth-order valence-electron chi connectivity index (χ4n) is 1.87. The van der Waals surface area contributed by atoms with Crippen LogP contribution in [0, 0.1) is 5.92 Å². The minimum atomic E-state index is -0.711. The number of carbonyl (C=O) groups is 1. The van der Waals surface area contributed by atoms with Gasteiger partial charge in [-0.15, -0.1) is 0 Å². The molecular formula is C9H13N3O2. The predicted octanol–water partition coefficient (Wildman–Crippen LogP) is 0.705. The van der Waals surface area contributed by atoms with Gasteiger partial charge >= 0.3 is 5.97 Å². The smallest absolute Gasteiger partial charge is 0.303 e. The van der Waals surface area contributed by atoms with Gasteiger partial charge in [-0.3, -0.25) is 9.48 Å². The summed E-state index contributed by atoms with van der Waals surface area (Å²) >= 11 is 0. The first-order valence-electron chi connectivity index (χ1n) is 4.84. The fraction of sp³-hybridized carbons (Fsp3) is 0.667. The van der Waals surface area contributed by atoms with Gasteiger partial charge in [-0.2, -0.15) is 5.10 Å². The second-order valence-corrected chi connectivity index (χ2v) is 3.69. The van der Waals surface area contributed by atoms with Crippen molar-refractivity contribution in [1.82, 2.24) is 14.8 Å². The third-order valence-electron chi connectivity index (χ3n) is 2.68. The zero-order valence-corrected chi connectivity index (χ0v) is 7.89. The van der Waals surface area contributed by atoms with E-state index in [1.165, 1.54) is 0 Å². The molecule has 1 aromatic rings. The molecule has 2 rings (SSSR count). The lowest BCUT2D eigenvalue weighted by molar-refractivity contribution is -0.137. The molecule has 0 aliphatic carbocycles. The zero-order chi connectivity index (χ0) is 9.97. The quantitative estimate of drug-likeness (QED) is 0.771. The van der Waals surface area contributed by atoms with E-state index in [1.807, 2.05) is 4.68 Å². The maximum absolute atomic E-state index is 10.4. The van der Waals surface area contributed by atoms with Crippen LogP contribution < -0.4 is 0 Å². The van der Waals surface area contributed by atoms with E-state index in [2.05, 4.69) is 10.1 Å². The van der Waals surface area contributed by atoms with E-state index in [-0.39, 0.29) is 6.42 Å². The van der Waals surface area contributed by atoms with E-state index in [0.29, 0.717) is 5.92 Å². The first-order valence-corrected chi connectivity index (χ1v) is 4.84. The van der Waals surface area contributed by atoms with Crippen LogP contribution in [0.1, 0.15) is 25.1 Å². The number of aromatic nitrogens is 3. The van der Waals surface area contributed by atoms with Gasteiger partial charge in [0.2, 0.25) is 0 Å². The summed E-state index contributed by atoms with van der Waals surface area (Å²) < 4.78 is 1.90. The van der Waals surface area contributed by atoms with E-state index >= 15 is 0 Å². The third kappa shape index (κ3) is 1.92. The largest absolute Gasteiger partial charge is 0.481 e. The fourth-order valence-corrected chi connectivity index (χ4v) is 1.87. The summed E-state index contributed by atoms with van der Waals surface area (Å²) in [5.41, 5.74) is 0. The second kappa shape index (κ2) is 3.77. The van der Waals surface area contributed by atoms with E-state index in [1.54, 1.807) is 6.33 Å². The Bertz CT molecular complexity index is 335. The van der Waals surface area contributed by atoms with Crippen molar-refractivity contribution >= 4 is 5.97 Å². The minimum absolute atomic E-state index is 0.263. The highest BCUT2D eigenvalue weighted by Crippen LogP contribution is 2.21. The summed E-state index contributed by atoms with van der Waals surface area (Å²) in [7, 11) is 0. The molecule has 14 heavy (non-hydrogen) atoms. The van der Waals surface area contributed by atoms with Gasteiger partial charge in [0.1, 0.15) is 12.2 Å². The molecule has 0 aromatic carbocycles. The topological polar surface area (TPSA) is 68.0 Å². The van der Waals surface area contributed by atoms with Gasteiger partial charge in [0.05, 0.1) is 0 Å². The average molecular weight is 195 g/mol. The molecule has 0 saturated carbocycles. The number of hydrogen-bond donors (Lipinski definition) is 1. The van der Waals surface area contributed by atoms with Gasteiger partial charge in [0, 0.05) is 19.4 Å². The molecule has 0 amide bonds. The van der Waals surface area contributed by atoms with Crippen LogP contribution in [0.3, 0.4) is 0 Å². The molecule has 0 spiro atoms. The first kappa shape index (κ1) is 9.18. The van der Waals surface area contributed by atoms with Crippen LogP contribution in [0.5, 0.6) is 0 Å².